The molecule has 1 saturated heterocycles. The van der Waals surface area contributed by atoms with Gasteiger partial charge in [-0.3, -0.25) is 9.36 Å². The summed E-state index contributed by atoms with van der Waals surface area (Å²) >= 11 is 0. The van der Waals surface area contributed by atoms with Crippen molar-refractivity contribution in [3.8, 4) is 17.2 Å². The summed E-state index contributed by atoms with van der Waals surface area (Å²) in [4.78, 5) is 26.6. The Morgan fingerprint density at radius 3 is 2.94 bits per heavy atom. The van der Waals surface area contributed by atoms with Crippen LogP contribution in [0.1, 0.15) is 53.8 Å². The average molecular weight is 458 g/mol. The standard InChI is InChI=1S/C22H27N7O2.ClH/c1-14(23-10-12-27(2)3)21-25-20(26-31-21)18-19-17-9-6-11-28(17)22(30)15-7-4-5-8-16(15)29(19)13-24-18;/h4-5,7-8,13-14,17,23H,6,9-12H2,1-3H3;1H/t14?,17-;/m0./s1. The number of carbonyl (C=O) groups is 1. The van der Waals surface area contributed by atoms with Gasteiger partial charge in [0.15, 0.2) is 0 Å². The molecule has 9 nitrogen and oxygen atoms in total. The first kappa shape index (κ1) is 22.4. The molecular weight excluding hydrogens is 430 g/mol. The third-order valence-corrected chi connectivity index (χ3v) is 6.06. The molecule has 170 valence electrons. The Balaban J connectivity index is 0.00000245. The molecule has 1 N–H and O–H groups in total. The van der Waals surface area contributed by atoms with Gasteiger partial charge in [0.05, 0.1) is 29.0 Å². The lowest BCUT2D eigenvalue weighted by molar-refractivity contribution is 0.0739. The summed E-state index contributed by atoms with van der Waals surface area (Å²) in [5, 5.41) is 7.64. The van der Waals surface area contributed by atoms with Crippen LogP contribution in [0.3, 0.4) is 0 Å². The van der Waals surface area contributed by atoms with Gasteiger partial charge in [-0.1, -0.05) is 17.3 Å². The first-order chi connectivity index (χ1) is 15.0. The second kappa shape index (κ2) is 9.01. The van der Waals surface area contributed by atoms with Gasteiger partial charge in [-0.05, 0) is 46.0 Å². The van der Waals surface area contributed by atoms with Gasteiger partial charge in [-0.15, -0.1) is 12.4 Å². The summed E-state index contributed by atoms with van der Waals surface area (Å²) in [7, 11) is 4.08. The number of fused-ring (bicyclic) bond motifs is 5. The lowest BCUT2D eigenvalue weighted by Gasteiger charge is -2.22. The lowest BCUT2D eigenvalue weighted by atomic mass is 10.1. The fourth-order valence-electron chi connectivity index (χ4n) is 4.45. The summed E-state index contributed by atoms with van der Waals surface area (Å²) in [5.41, 5.74) is 3.18. The molecule has 2 aliphatic rings. The number of benzene rings is 1. The fraction of sp³-hybridized carbons (Fsp3) is 0.455. The van der Waals surface area contributed by atoms with Crippen LogP contribution in [0.25, 0.3) is 17.2 Å². The van der Waals surface area contributed by atoms with Crippen LogP contribution < -0.4 is 5.32 Å². The largest absolute Gasteiger partial charge is 0.337 e. The minimum Gasteiger partial charge on any atom is -0.337 e. The van der Waals surface area contributed by atoms with Gasteiger partial charge in [-0.25, -0.2) is 4.98 Å². The summed E-state index contributed by atoms with van der Waals surface area (Å²) < 4.78 is 7.59. The van der Waals surface area contributed by atoms with Crippen LogP contribution in [0.5, 0.6) is 0 Å². The smallest absolute Gasteiger partial charge is 0.256 e. The van der Waals surface area contributed by atoms with Crippen molar-refractivity contribution < 1.29 is 9.32 Å². The molecule has 2 aliphatic heterocycles. The number of hydrogen-bond donors (Lipinski definition) is 1. The van der Waals surface area contributed by atoms with Crippen molar-refractivity contribution in [3.05, 3.63) is 47.7 Å². The van der Waals surface area contributed by atoms with Crippen molar-refractivity contribution in [3.63, 3.8) is 0 Å². The summed E-state index contributed by atoms with van der Waals surface area (Å²) in [6, 6.07) is 7.58. The van der Waals surface area contributed by atoms with Crippen LogP contribution in [0.2, 0.25) is 0 Å². The third-order valence-electron chi connectivity index (χ3n) is 6.06. The maximum atomic E-state index is 13.2. The van der Waals surface area contributed by atoms with E-state index in [2.05, 4.69) is 25.3 Å². The number of para-hydroxylation sites is 1. The van der Waals surface area contributed by atoms with Crippen LogP contribution in [0.15, 0.2) is 35.1 Å². The van der Waals surface area contributed by atoms with Crippen molar-refractivity contribution in [2.45, 2.75) is 31.8 Å². The molecule has 2 aromatic heterocycles. The van der Waals surface area contributed by atoms with E-state index in [1.165, 1.54) is 0 Å². The van der Waals surface area contributed by atoms with Crippen LogP contribution >= 0.6 is 12.4 Å². The molecule has 0 saturated carbocycles. The highest BCUT2D eigenvalue weighted by atomic mass is 35.5. The maximum absolute atomic E-state index is 13.2. The number of aromatic nitrogens is 4. The number of halogens is 1. The highest BCUT2D eigenvalue weighted by molar-refractivity contribution is 5.99. The highest BCUT2D eigenvalue weighted by Crippen LogP contribution is 2.41. The summed E-state index contributed by atoms with van der Waals surface area (Å²) in [6.07, 6.45) is 3.63. The first-order valence-electron chi connectivity index (χ1n) is 10.7. The Morgan fingerprint density at radius 1 is 1.31 bits per heavy atom. The van der Waals surface area contributed by atoms with E-state index in [4.69, 9.17) is 4.52 Å². The third kappa shape index (κ3) is 3.80. The molecule has 1 amide bonds. The molecule has 3 aromatic rings. The Morgan fingerprint density at radius 2 is 2.12 bits per heavy atom. The number of likely N-dealkylation sites (N-methyl/N-ethyl adjacent to an activating group) is 1. The molecule has 32 heavy (non-hydrogen) atoms. The Hall–Kier alpha value is -2.75. The summed E-state index contributed by atoms with van der Waals surface area (Å²) in [6.45, 7) is 4.49. The van der Waals surface area contributed by atoms with Gasteiger partial charge >= 0.3 is 0 Å². The van der Waals surface area contributed by atoms with E-state index in [1.807, 2.05) is 54.8 Å². The Labute approximate surface area is 193 Å². The van der Waals surface area contributed by atoms with Gasteiger partial charge in [0.2, 0.25) is 11.7 Å². The van der Waals surface area contributed by atoms with Gasteiger partial charge in [0.25, 0.3) is 5.91 Å². The minimum atomic E-state index is -0.0623. The van der Waals surface area contributed by atoms with Gasteiger partial charge in [0, 0.05) is 19.6 Å². The lowest BCUT2D eigenvalue weighted by Crippen LogP contribution is -2.29. The van der Waals surface area contributed by atoms with Crippen molar-refractivity contribution >= 4 is 18.3 Å². The van der Waals surface area contributed by atoms with E-state index in [0.717, 1.165) is 43.9 Å². The zero-order valence-electron chi connectivity index (χ0n) is 18.5. The van der Waals surface area contributed by atoms with Crippen molar-refractivity contribution in [2.24, 2.45) is 0 Å². The zero-order chi connectivity index (χ0) is 21.5. The molecule has 5 rings (SSSR count). The maximum Gasteiger partial charge on any atom is 0.256 e. The number of rotatable bonds is 6. The molecular formula is C22H28ClN7O2. The quantitative estimate of drug-likeness (QED) is 0.608. The molecule has 1 fully saturated rings. The van der Waals surface area contributed by atoms with Crippen molar-refractivity contribution in [2.75, 3.05) is 33.7 Å². The van der Waals surface area contributed by atoms with E-state index < -0.39 is 0 Å². The van der Waals surface area contributed by atoms with Gasteiger partial charge < -0.3 is 19.6 Å². The minimum absolute atomic E-state index is 0. The zero-order valence-corrected chi connectivity index (χ0v) is 19.3. The second-order valence-electron chi connectivity index (χ2n) is 8.46. The van der Waals surface area contributed by atoms with E-state index in [9.17, 15) is 4.79 Å². The molecule has 0 aliphatic carbocycles. The van der Waals surface area contributed by atoms with E-state index in [0.29, 0.717) is 23.0 Å². The molecule has 1 aromatic carbocycles. The molecule has 1 unspecified atom stereocenters. The molecule has 0 bridgehead atoms. The number of imidazole rings is 1. The Kier molecular flexibility index (Phi) is 6.32. The monoisotopic (exact) mass is 457 g/mol. The van der Waals surface area contributed by atoms with Gasteiger partial charge in [0.1, 0.15) is 12.0 Å². The predicted octanol–water partition coefficient (Wildman–Crippen LogP) is 2.85. The number of amides is 1. The summed E-state index contributed by atoms with van der Waals surface area (Å²) in [5.74, 6) is 1.06. The van der Waals surface area contributed by atoms with Crippen LogP contribution in [-0.4, -0.2) is 69.1 Å². The Bertz CT molecular complexity index is 1110. The number of nitrogens with one attached hydrogen (secondary N) is 1. The molecule has 0 spiro atoms. The van der Waals surface area contributed by atoms with Crippen molar-refractivity contribution in [1.29, 1.82) is 0 Å². The number of hydrogen-bond acceptors (Lipinski definition) is 7. The van der Waals surface area contributed by atoms with Crippen molar-refractivity contribution in [1.82, 2.24) is 34.8 Å². The van der Waals surface area contributed by atoms with E-state index in [1.54, 1.807) is 6.33 Å². The first-order valence-corrected chi connectivity index (χ1v) is 10.7. The molecule has 0 radical (unpaired) electrons. The van der Waals surface area contributed by atoms with Crippen LogP contribution in [0, 0.1) is 0 Å². The average Bonchev–Trinajstić information content (AvgIpc) is 3.49. The molecule has 2 atom stereocenters. The predicted molar refractivity (Wildman–Crippen MR) is 122 cm³/mol. The SMILES string of the molecule is CC(NCCN(C)C)c1nc(-c2ncn3c2[C@@H]2CCCN2C(=O)c2ccccc2-3)no1.Cl. The second-order valence-corrected chi connectivity index (χ2v) is 8.46. The van der Waals surface area contributed by atoms with Crippen LogP contribution in [0.4, 0.5) is 0 Å². The topological polar surface area (TPSA) is 92.3 Å². The van der Waals surface area contributed by atoms with E-state index in [-0.39, 0.29) is 30.4 Å². The number of carbonyl (C=O) groups excluding carboxylic acids is 1. The van der Waals surface area contributed by atoms with Gasteiger partial charge in [-0.2, -0.15) is 4.98 Å². The van der Waals surface area contributed by atoms with E-state index >= 15 is 0 Å². The normalized spacial score (nSPS) is 18.1. The fourth-order valence-corrected chi connectivity index (χ4v) is 4.45. The molecule has 4 heterocycles. The highest BCUT2D eigenvalue weighted by Gasteiger charge is 2.39. The van der Waals surface area contributed by atoms with Crippen LogP contribution in [-0.2, 0) is 0 Å². The number of nitrogens with zero attached hydrogens (tertiary/aromatic N) is 6. The molecule has 10 heteroatoms.